The minimum atomic E-state index is -0.397. The van der Waals surface area contributed by atoms with Crippen LogP contribution in [0.1, 0.15) is 52.7 Å². The van der Waals surface area contributed by atoms with Crippen LogP contribution in [-0.4, -0.2) is 22.9 Å². The van der Waals surface area contributed by atoms with Crippen LogP contribution in [0, 0.1) is 0 Å². The quantitative estimate of drug-likeness (QED) is 0.208. The summed E-state index contributed by atoms with van der Waals surface area (Å²) >= 11 is 0. The lowest BCUT2D eigenvalue weighted by Crippen LogP contribution is -2.41. The highest BCUT2D eigenvalue weighted by atomic mass is 16.7. The van der Waals surface area contributed by atoms with Gasteiger partial charge in [0, 0.05) is 21.6 Å². The van der Waals surface area contributed by atoms with Crippen LogP contribution in [0.15, 0.2) is 97.1 Å². The van der Waals surface area contributed by atoms with Crippen molar-refractivity contribution >= 4 is 45.2 Å². The van der Waals surface area contributed by atoms with Crippen molar-refractivity contribution in [3.05, 3.63) is 108 Å². The van der Waals surface area contributed by atoms with Gasteiger partial charge in [-0.05, 0) is 79.0 Å². The van der Waals surface area contributed by atoms with E-state index in [1.807, 2.05) is 0 Å². The fraction of sp³-hybridized carbons (Fsp3) is 0.243. The molecule has 0 saturated carbocycles. The first kappa shape index (κ1) is 24.9. The summed E-state index contributed by atoms with van der Waals surface area (Å²) in [4.78, 5) is 0. The van der Waals surface area contributed by atoms with Crippen LogP contribution in [-0.2, 0) is 14.7 Å². The molecule has 0 unspecified atom stereocenters. The van der Waals surface area contributed by atoms with E-state index < -0.39 is 7.12 Å². The average molecular weight is 535 g/mol. The Hall–Kier alpha value is -3.86. The number of nitrogens with zero attached hydrogens (tertiary/aromatic N) is 1. The Bertz CT molecular complexity index is 2030. The number of hydrogen-bond donors (Lipinski definition) is 0. The van der Waals surface area contributed by atoms with Crippen molar-refractivity contribution in [1.82, 2.24) is 4.57 Å². The Balaban J connectivity index is 1.41. The molecule has 3 nitrogen and oxygen atoms in total. The van der Waals surface area contributed by atoms with Gasteiger partial charge in [0.05, 0.1) is 27.9 Å². The van der Waals surface area contributed by atoms with Crippen LogP contribution >= 0.6 is 0 Å². The molecule has 1 saturated heterocycles. The van der Waals surface area contributed by atoms with E-state index in [4.69, 9.17) is 9.31 Å². The molecule has 2 heterocycles. The number of rotatable bonds is 2. The van der Waals surface area contributed by atoms with Crippen molar-refractivity contribution in [2.45, 2.75) is 58.2 Å². The number of para-hydroxylation sites is 1. The SMILES string of the molecule is CC1(C)c2ccccc2-c2c1cc(-n1c3ccccc3c3cc(B4OC(C)(C)C(C)(C)O4)ccc31)c1ccccc21. The van der Waals surface area contributed by atoms with E-state index in [1.165, 1.54) is 60.5 Å². The van der Waals surface area contributed by atoms with Gasteiger partial charge in [0.2, 0.25) is 0 Å². The Morgan fingerprint density at radius 1 is 0.561 bits per heavy atom. The van der Waals surface area contributed by atoms with Crippen molar-refractivity contribution in [3.8, 4) is 16.8 Å². The standard InChI is InChI=1S/C37H34BNO2/c1-35(2)29-17-11-9-16-27(29)34-26-15-8-7-13-24(26)33(22-30(34)35)39-31-18-12-10-14-25(31)28-21-23(19-20-32(28)39)38-40-36(3,4)37(5,6)41-38/h7-22H,1-6H3. The average Bonchev–Trinajstić information content (AvgIpc) is 3.49. The summed E-state index contributed by atoms with van der Waals surface area (Å²) in [6.45, 7) is 13.1. The third-order valence-electron chi connectivity index (χ3n) is 10.0. The second-order valence-corrected chi connectivity index (χ2v) is 13.3. The Morgan fingerprint density at radius 2 is 1.17 bits per heavy atom. The minimum Gasteiger partial charge on any atom is -0.399 e. The molecule has 0 atom stereocenters. The largest absolute Gasteiger partial charge is 0.494 e. The van der Waals surface area contributed by atoms with Gasteiger partial charge in [-0.1, -0.05) is 92.7 Å². The molecule has 0 bridgehead atoms. The normalized spacial score (nSPS) is 18.3. The van der Waals surface area contributed by atoms with Crippen molar-refractivity contribution < 1.29 is 9.31 Å². The first-order valence-corrected chi connectivity index (χ1v) is 14.6. The van der Waals surface area contributed by atoms with Crippen LogP contribution in [0.3, 0.4) is 0 Å². The maximum absolute atomic E-state index is 6.44. The van der Waals surface area contributed by atoms with Gasteiger partial charge in [0.15, 0.2) is 0 Å². The Kier molecular flexibility index (Phi) is 4.93. The molecule has 1 fully saturated rings. The van der Waals surface area contributed by atoms with Gasteiger partial charge in [-0.25, -0.2) is 0 Å². The predicted octanol–water partition coefficient (Wildman–Crippen LogP) is 8.54. The molecule has 1 aliphatic carbocycles. The lowest BCUT2D eigenvalue weighted by atomic mass is 9.78. The molecule has 0 radical (unpaired) electrons. The number of fused-ring (bicyclic) bond motifs is 8. The first-order chi connectivity index (χ1) is 19.6. The summed E-state index contributed by atoms with van der Waals surface area (Å²) in [6, 6.07) is 35.7. The summed E-state index contributed by atoms with van der Waals surface area (Å²) in [5.41, 5.74) is 9.30. The smallest absolute Gasteiger partial charge is 0.399 e. The Labute approximate surface area is 241 Å². The highest BCUT2D eigenvalue weighted by Crippen LogP contribution is 2.52. The van der Waals surface area contributed by atoms with E-state index in [0.29, 0.717) is 0 Å². The number of aromatic nitrogens is 1. The fourth-order valence-corrected chi connectivity index (χ4v) is 7.09. The number of hydrogen-bond acceptors (Lipinski definition) is 2. The van der Waals surface area contributed by atoms with Gasteiger partial charge in [-0.15, -0.1) is 0 Å². The number of benzene rings is 5. The summed E-state index contributed by atoms with van der Waals surface area (Å²) in [5, 5.41) is 5.00. The molecule has 0 amide bonds. The van der Waals surface area contributed by atoms with Gasteiger partial charge in [0.1, 0.15) is 0 Å². The van der Waals surface area contributed by atoms with E-state index in [9.17, 15) is 0 Å². The minimum absolute atomic E-state index is 0.0899. The molecule has 5 aromatic carbocycles. The van der Waals surface area contributed by atoms with E-state index in [2.05, 4.69) is 143 Å². The van der Waals surface area contributed by atoms with E-state index in [0.717, 1.165) is 5.46 Å². The third-order valence-corrected chi connectivity index (χ3v) is 10.0. The second-order valence-electron chi connectivity index (χ2n) is 13.3. The molecule has 2 aliphatic rings. The molecule has 202 valence electrons. The molecule has 8 rings (SSSR count). The van der Waals surface area contributed by atoms with E-state index in [1.54, 1.807) is 0 Å². The van der Waals surface area contributed by atoms with Crippen molar-refractivity contribution in [2.24, 2.45) is 0 Å². The highest BCUT2D eigenvalue weighted by Gasteiger charge is 2.51. The lowest BCUT2D eigenvalue weighted by Gasteiger charge is -2.32. The van der Waals surface area contributed by atoms with Gasteiger partial charge in [-0.2, -0.15) is 0 Å². The summed E-state index contributed by atoms with van der Waals surface area (Å²) in [5.74, 6) is 0. The molecule has 4 heteroatoms. The van der Waals surface area contributed by atoms with Crippen LogP contribution in [0.2, 0.25) is 0 Å². The summed E-state index contributed by atoms with van der Waals surface area (Å²) < 4.78 is 15.3. The first-order valence-electron chi connectivity index (χ1n) is 14.6. The highest BCUT2D eigenvalue weighted by molar-refractivity contribution is 6.62. The second kappa shape index (κ2) is 8.12. The molecule has 6 aromatic rings. The van der Waals surface area contributed by atoms with Gasteiger partial charge in [0.25, 0.3) is 0 Å². The maximum Gasteiger partial charge on any atom is 0.494 e. The zero-order valence-corrected chi connectivity index (χ0v) is 24.6. The Morgan fingerprint density at radius 3 is 1.93 bits per heavy atom. The molecule has 0 spiro atoms. The zero-order valence-electron chi connectivity index (χ0n) is 24.6. The third kappa shape index (κ3) is 3.29. The summed E-state index contributed by atoms with van der Waals surface area (Å²) in [6.07, 6.45) is 0. The predicted molar refractivity (Wildman–Crippen MR) is 172 cm³/mol. The van der Waals surface area contributed by atoms with Crippen LogP contribution in [0.25, 0.3) is 49.4 Å². The maximum atomic E-state index is 6.44. The molecular weight excluding hydrogens is 501 g/mol. The zero-order chi connectivity index (χ0) is 28.3. The molecule has 1 aliphatic heterocycles. The molecular formula is C37H34BNO2. The van der Waals surface area contributed by atoms with Crippen LogP contribution in [0.5, 0.6) is 0 Å². The lowest BCUT2D eigenvalue weighted by molar-refractivity contribution is 0.00578. The van der Waals surface area contributed by atoms with Crippen molar-refractivity contribution in [1.29, 1.82) is 0 Å². The fourth-order valence-electron chi connectivity index (χ4n) is 7.09. The van der Waals surface area contributed by atoms with Crippen LogP contribution in [0.4, 0.5) is 0 Å². The van der Waals surface area contributed by atoms with E-state index >= 15 is 0 Å². The van der Waals surface area contributed by atoms with Gasteiger partial charge < -0.3 is 13.9 Å². The van der Waals surface area contributed by atoms with Gasteiger partial charge in [-0.3, -0.25) is 0 Å². The van der Waals surface area contributed by atoms with Crippen molar-refractivity contribution in [2.75, 3.05) is 0 Å². The molecule has 41 heavy (non-hydrogen) atoms. The van der Waals surface area contributed by atoms with Gasteiger partial charge >= 0.3 is 7.12 Å². The monoisotopic (exact) mass is 535 g/mol. The summed E-state index contributed by atoms with van der Waals surface area (Å²) in [7, 11) is -0.397. The van der Waals surface area contributed by atoms with Crippen LogP contribution < -0.4 is 5.46 Å². The molecule has 1 aromatic heterocycles. The topological polar surface area (TPSA) is 23.4 Å². The van der Waals surface area contributed by atoms with E-state index in [-0.39, 0.29) is 16.6 Å². The molecule has 0 N–H and O–H groups in total. The van der Waals surface area contributed by atoms with Crippen molar-refractivity contribution in [3.63, 3.8) is 0 Å².